The van der Waals surface area contributed by atoms with Gasteiger partial charge in [-0.1, -0.05) is 6.07 Å². The van der Waals surface area contributed by atoms with Gasteiger partial charge in [0.15, 0.2) is 0 Å². The summed E-state index contributed by atoms with van der Waals surface area (Å²) in [5.41, 5.74) is 0. The van der Waals surface area contributed by atoms with Crippen LogP contribution in [0.3, 0.4) is 0 Å². The summed E-state index contributed by atoms with van der Waals surface area (Å²) >= 11 is 1.67. The quantitative estimate of drug-likeness (QED) is 0.829. The molecule has 0 aromatic carbocycles. The van der Waals surface area contributed by atoms with Gasteiger partial charge in [-0.15, -0.1) is 11.3 Å². The van der Waals surface area contributed by atoms with Crippen LogP contribution < -0.4 is 0 Å². The molecule has 1 N–H and O–H groups in total. The summed E-state index contributed by atoms with van der Waals surface area (Å²) in [6.07, 6.45) is 4.30. The Kier molecular flexibility index (Phi) is 3.22. The van der Waals surface area contributed by atoms with Crippen LogP contribution in [0.4, 0.5) is 0 Å². The third-order valence-electron chi connectivity index (χ3n) is 2.27. The molecular formula is C11H14O2S. The zero-order valence-electron chi connectivity index (χ0n) is 7.98. The Hall–Kier alpha value is -0.800. The van der Waals surface area contributed by atoms with E-state index in [1.54, 1.807) is 11.3 Å². The summed E-state index contributed by atoms with van der Waals surface area (Å²) in [7, 11) is 0. The van der Waals surface area contributed by atoms with Crippen molar-refractivity contribution in [3.63, 3.8) is 0 Å². The van der Waals surface area contributed by atoms with Crippen LogP contribution in [0.15, 0.2) is 29.3 Å². The van der Waals surface area contributed by atoms with E-state index >= 15 is 0 Å². The molecule has 1 unspecified atom stereocenters. The molecule has 0 radical (unpaired) electrons. The fraction of sp³-hybridized carbons (Fsp3) is 0.455. The van der Waals surface area contributed by atoms with Crippen molar-refractivity contribution in [1.82, 2.24) is 0 Å². The Labute approximate surface area is 87.8 Å². The Bertz CT molecular complexity index is 303. The van der Waals surface area contributed by atoms with Gasteiger partial charge in [-0.2, -0.15) is 0 Å². The third kappa shape index (κ3) is 2.36. The molecule has 76 valence electrons. The van der Waals surface area contributed by atoms with Crippen molar-refractivity contribution >= 4 is 11.3 Å². The normalized spacial score (nSPS) is 18.5. The average Bonchev–Trinajstić information content (AvgIpc) is 2.72. The van der Waals surface area contributed by atoms with E-state index < -0.39 is 6.10 Å². The SMILES string of the molecule is OC(Cc1cccs1)C1=CCCCO1. The van der Waals surface area contributed by atoms with Gasteiger partial charge in [0.25, 0.3) is 0 Å². The first-order valence-electron chi connectivity index (χ1n) is 4.89. The predicted octanol–water partition coefficient (Wildman–Crippen LogP) is 2.35. The van der Waals surface area contributed by atoms with Gasteiger partial charge in [-0.3, -0.25) is 0 Å². The van der Waals surface area contributed by atoms with Crippen LogP contribution in [0.2, 0.25) is 0 Å². The maximum atomic E-state index is 9.86. The minimum atomic E-state index is -0.464. The Balaban J connectivity index is 1.95. The van der Waals surface area contributed by atoms with Gasteiger partial charge in [-0.05, 0) is 30.4 Å². The summed E-state index contributed by atoms with van der Waals surface area (Å²) in [4.78, 5) is 1.20. The second-order valence-electron chi connectivity index (χ2n) is 3.40. The van der Waals surface area contributed by atoms with Crippen LogP contribution in [0.25, 0.3) is 0 Å². The second-order valence-corrected chi connectivity index (χ2v) is 4.43. The summed E-state index contributed by atoms with van der Waals surface area (Å²) in [6.45, 7) is 0.743. The largest absolute Gasteiger partial charge is 0.495 e. The lowest BCUT2D eigenvalue weighted by molar-refractivity contribution is 0.0922. The van der Waals surface area contributed by atoms with Gasteiger partial charge >= 0.3 is 0 Å². The first kappa shape index (κ1) is 9.74. The molecule has 0 amide bonds. The van der Waals surface area contributed by atoms with Gasteiger partial charge in [0, 0.05) is 11.3 Å². The van der Waals surface area contributed by atoms with Crippen LogP contribution in [0.5, 0.6) is 0 Å². The fourth-order valence-corrected chi connectivity index (χ4v) is 2.27. The molecular weight excluding hydrogens is 196 g/mol. The molecule has 1 aliphatic rings. The number of ether oxygens (including phenoxy) is 1. The first-order chi connectivity index (χ1) is 6.86. The van der Waals surface area contributed by atoms with Gasteiger partial charge in [-0.25, -0.2) is 0 Å². The molecule has 0 saturated heterocycles. The molecule has 1 aromatic heterocycles. The summed E-state index contributed by atoms with van der Waals surface area (Å²) < 4.78 is 5.40. The average molecular weight is 210 g/mol. The topological polar surface area (TPSA) is 29.5 Å². The van der Waals surface area contributed by atoms with Crippen LogP contribution in [-0.4, -0.2) is 17.8 Å². The van der Waals surface area contributed by atoms with Crippen molar-refractivity contribution in [3.05, 3.63) is 34.2 Å². The Morgan fingerprint density at radius 2 is 2.50 bits per heavy atom. The molecule has 0 spiro atoms. The molecule has 2 rings (SSSR count). The minimum absolute atomic E-state index is 0.464. The van der Waals surface area contributed by atoms with E-state index in [4.69, 9.17) is 4.74 Å². The van der Waals surface area contributed by atoms with E-state index in [0.717, 1.165) is 25.2 Å². The van der Waals surface area contributed by atoms with Crippen LogP contribution in [0.1, 0.15) is 17.7 Å². The van der Waals surface area contributed by atoms with Crippen LogP contribution in [0, 0.1) is 0 Å². The summed E-state index contributed by atoms with van der Waals surface area (Å²) in [5.74, 6) is 0.754. The molecule has 14 heavy (non-hydrogen) atoms. The van der Waals surface area contributed by atoms with E-state index in [-0.39, 0.29) is 0 Å². The molecule has 0 saturated carbocycles. The molecule has 1 atom stereocenters. The van der Waals surface area contributed by atoms with Crippen molar-refractivity contribution in [2.45, 2.75) is 25.4 Å². The highest BCUT2D eigenvalue weighted by molar-refractivity contribution is 7.09. The molecule has 0 bridgehead atoms. The van der Waals surface area contributed by atoms with Crippen LogP contribution in [-0.2, 0) is 11.2 Å². The summed E-state index contributed by atoms with van der Waals surface area (Å²) in [5, 5.41) is 11.9. The van der Waals surface area contributed by atoms with Crippen molar-refractivity contribution < 1.29 is 9.84 Å². The molecule has 1 aliphatic heterocycles. The number of thiophene rings is 1. The van der Waals surface area contributed by atoms with Crippen molar-refractivity contribution in [1.29, 1.82) is 0 Å². The van der Waals surface area contributed by atoms with E-state index in [1.165, 1.54) is 4.88 Å². The maximum absolute atomic E-state index is 9.86. The smallest absolute Gasteiger partial charge is 0.121 e. The highest BCUT2D eigenvalue weighted by atomic mass is 32.1. The number of hydrogen-bond acceptors (Lipinski definition) is 3. The Morgan fingerprint density at radius 1 is 1.57 bits per heavy atom. The van der Waals surface area contributed by atoms with Crippen molar-refractivity contribution in [2.75, 3.05) is 6.61 Å². The second kappa shape index (κ2) is 4.62. The van der Waals surface area contributed by atoms with E-state index in [2.05, 4.69) is 0 Å². The lowest BCUT2D eigenvalue weighted by Gasteiger charge is -2.19. The number of rotatable bonds is 3. The zero-order valence-corrected chi connectivity index (χ0v) is 8.80. The molecule has 0 aliphatic carbocycles. The van der Waals surface area contributed by atoms with E-state index in [0.29, 0.717) is 6.42 Å². The predicted molar refractivity (Wildman–Crippen MR) is 57.3 cm³/mol. The monoisotopic (exact) mass is 210 g/mol. The van der Waals surface area contributed by atoms with Crippen LogP contribution >= 0.6 is 11.3 Å². The molecule has 2 heterocycles. The fourth-order valence-electron chi connectivity index (χ4n) is 1.53. The highest BCUT2D eigenvalue weighted by Crippen LogP contribution is 2.19. The molecule has 2 nitrogen and oxygen atoms in total. The highest BCUT2D eigenvalue weighted by Gasteiger charge is 2.15. The van der Waals surface area contributed by atoms with Gasteiger partial charge in [0.1, 0.15) is 11.9 Å². The van der Waals surface area contributed by atoms with Crippen molar-refractivity contribution in [2.24, 2.45) is 0 Å². The van der Waals surface area contributed by atoms with Crippen molar-refractivity contribution in [3.8, 4) is 0 Å². The minimum Gasteiger partial charge on any atom is -0.495 e. The lowest BCUT2D eigenvalue weighted by atomic mass is 10.1. The molecule has 0 fully saturated rings. The Morgan fingerprint density at radius 3 is 3.14 bits per heavy atom. The zero-order chi connectivity index (χ0) is 9.80. The first-order valence-corrected chi connectivity index (χ1v) is 5.77. The van der Waals surface area contributed by atoms with Gasteiger partial charge in [0.05, 0.1) is 6.61 Å². The van der Waals surface area contributed by atoms with Gasteiger partial charge < -0.3 is 9.84 Å². The standard InChI is InChI=1S/C11H14O2S/c12-10(8-9-4-3-7-14-9)11-5-1-2-6-13-11/h3-5,7,10,12H,1-2,6,8H2. The number of hydrogen-bond donors (Lipinski definition) is 1. The lowest BCUT2D eigenvalue weighted by Crippen LogP contribution is -2.18. The summed E-state index contributed by atoms with van der Waals surface area (Å²) in [6, 6.07) is 4.04. The van der Waals surface area contributed by atoms with E-state index in [1.807, 2.05) is 23.6 Å². The molecule has 3 heteroatoms. The number of aliphatic hydroxyl groups is 1. The molecule has 1 aromatic rings. The number of aliphatic hydroxyl groups excluding tert-OH is 1. The maximum Gasteiger partial charge on any atom is 0.121 e. The van der Waals surface area contributed by atoms with E-state index in [9.17, 15) is 5.11 Å². The van der Waals surface area contributed by atoms with Gasteiger partial charge in [0.2, 0.25) is 0 Å². The third-order valence-corrected chi connectivity index (χ3v) is 3.16. The number of allylic oxidation sites excluding steroid dienone is 1.